The van der Waals surface area contributed by atoms with Gasteiger partial charge >= 0.3 is 0 Å². The number of hydrogen-bond acceptors (Lipinski definition) is 2. The van der Waals surface area contributed by atoms with Gasteiger partial charge in [-0.25, -0.2) is 0 Å². The molecule has 0 saturated heterocycles. The first kappa shape index (κ1) is 18.4. The van der Waals surface area contributed by atoms with Gasteiger partial charge in [0.15, 0.2) is 0 Å². The van der Waals surface area contributed by atoms with Crippen molar-refractivity contribution in [3.05, 3.63) is 96.1 Å². The lowest BCUT2D eigenvalue weighted by molar-refractivity contribution is 0.246. The van der Waals surface area contributed by atoms with Crippen molar-refractivity contribution < 1.29 is 9.09 Å². The topological polar surface area (TPSA) is 26.3 Å². The predicted octanol–water partition coefficient (Wildman–Crippen LogP) is 5.42. The van der Waals surface area contributed by atoms with E-state index >= 15 is 0 Å². The van der Waals surface area contributed by atoms with Crippen molar-refractivity contribution in [2.45, 2.75) is 13.0 Å². The third kappa shape index (κ3) is 4.22. The Balaban J connectivity index is 2.03. The molecular weight excluding hydrogens is 442 g/mol. The molecule has 25 heavy (non-hydrogen) atoms. The highest BCUT2D eigenvalue weighted by atomic mass is 127. The SMILES string of the molecule is Cc1ccc(C(CI)OP(=O)(c2ccccc2)c2ccccc2)cc1. The Bertz CT molecular complexity index is 805. The number of rotatable bonds is 6. The summed E-state index contributed by atoms with van der Waals surface area (Å²) in [6.07, 6.45) is -0.229. The molecule has 0 aromatic heterocycles. The average Bonchev–Trinajstić information content (AvgIpc) is 2.68. The molecule has 1 unspecified atom stereocenters. The zero-order chi connectivity index (χ0) is 17.7. The van der Waals surface area contributed by atoms with Crippen molar-refractivity contribution in [1.82, 2.24) is 0 Å². The smallest absolute Gasteiger partial charge is 0.261 e. The summed E-state index contributed by atoms with van der Waals surface area (Å²) >= 11 is 2.29. The van der Waals surface area contributed by atoms with Gasteiger partial charge in [0, 0.05) is 15.0 Å². The van der Waals surface area contributed by atoms with E-state index in [1.165, 1.54) is 5.56 Å². The number of hydrogen-bond donors (Lipinski definition) is 0. The molecule has 3 aromatic carbocycles. The van der Waals surface area contributed by atoms with Crippen LogP contribution in [0.15, 0.2) is 84.9 Å². The van der Waals surface area contributed by atoms with E-state index in [2.05, 4.69) is 53.8 Å². The normalized spacial score (nSPS) is 12.7. The van der Waals surface area contributed by atoms with E-state index in [4.69, 9.17) is 4.52 Å². The molecule has 0 N–H and O–H groups in total. The van der Waals surface area contributed by atoms with Crippen molar-refractivity contribution in [2.75, 3.05) is 4.43 Å². The van der Waals surface area contributed by atoms with Gasteiger partial charge in [0.25, 0.3) is 7.37 Å². The van der Waals surface area contributed by atoms with Crippen molar-refractivity contribution in [3.8, 4) is 0 Å². The Morgan fingerprint density at radius 3 is 1.76 bits per heavy atom. The highest BCUT2D eigenvalue weighted by Crippen LogP contribution is 2.49. The van der Waals surface area contributed by atoms with Gasteiger partial charge in [-0.05, 0) is 36.8 Å². The van der Waals surface area contributed by atoms with Gasteiger partial charge in [0.1, 0.15) is 0 Å². The maximum atomic E-state index is 14.0. The summed E-state index contributed by atoms with van der Waals surface area (Å²) in [7, 11) is -3.18. The second-order valence-electron chi connectivity index (χ2n) is 5.88. The van der Waals surface area contributed by atoms with Crippen molar-refractivity contribution in [1.29, 1.82) is 0 Å². The molecule has 0 aliphatic heterocycles. The Morgan fingerprint density at radius 1 is 0.840 bits per heavy atom. The predicted molar refractivity (Wildman–Crippen MR) is 114 cm³/mol. The van der Waals surface area contributed by atoms with Crippen molar-refractivity contribution in [2.24, 2.45) is 0 Å². The molecule has 0 radical (unpaired) electrons. The third-order valence-corrected chi connectivity index (χ3v) is 7.36. The van der Waals surface area contributed by atoms with Gasteiger partial charge < -0.3 is 4.52 Å². The van der Waals surface area contributed by atoms with Gasteiger partial charge in [-0.15, -0.1) is 0 Å². The molecule has 1 atom stereocenters. The van der Waals surface area contributed by atoms with Crippen LogP contribution < -0.4 is 10.6 Å². The summed E-state index contributed by atoms with van der Waals surface area (Å²) in [5.74, 6) is 0. The number of benzene rings is 3. The summed E-state index contributed by atoms with van der Waals surface area (Å²) in [6.45, 7) is 2.06. The molecule has 0 bridgehead atoms. The Labute approximate surface area is 162 Å². The lowest BCUT2D eigenvalue weighted by Crippen LogP contribution is -2.20. The standard InChI is InChI=1S/C21H20IO2P/c1-17-12-14-18(15-13-17)21(16-22)24-25(23,19-8-4-2-5-9-19)20-10-6-3-7-11-20/h2-15,21H,16H2,1H3. The summed E-state index contributed by atoms with van der Waals surface area (Å²) in [5, 5.41) is 1.45. The lowest BCUT2D eigenvalue weighted by Gasteiger charge is -2.25. The molecule has 0 saturated carbocycles. The molecular formula is C21H20IO2P. The van der Waals surface area contributed by atoms with E-state index in [0.717, 1.165) is 20.6 Å². The van der Waals surface area contributed by atoms with Crippen LogP contribution in [0.4, 0.5) is 0 Å². The highest BCUT2D eigenvalue weighted by Gasteiger charge is 2.32. The van der Waals surface area contributed by atoms with Gasteiger partial charge in [-0.1, -0.05) is 88.8 Å². The zero-order valence-electron chi connectivity index (χ0n) is 14.0. The van der Waals surface area contributed by atoms with Crippen LogP contribution in [-0.2, 0) is 9.09 Å². The van der Waals surface area contributed by atoms with Crippen molar-refractivity contribution >= 4 is 40.6 Å². The van der Waals surface area contributed by atoms with E-state index in [1.54, 1.807) is 0 Å². The second-order valence-corrected chi connectivity index (χ2v) is 9.11. The Hall–Kier alpha value is -1.42. The fourth-order valence-corrected chi connectivity index (χ4v) is 5.86. The third-order valence-electron chi connectivity index (χ3n) is 4.06. The molecule has 0 heterocycles. The fraction of sp³-hybridized carbons (Fsp3) is 0.143. The molecule has 0 aliphatic rings. The minimum absolute atomic E-state index is 0.229. The summed E-state index contributed by atoms with van der Waals surface area (Å²) < 4.78 is 21.1. The van der Waals surface area contributed by atoms with E-state index < -0.39 is 7.37 Å². The maximum absolute atomic E-state index is 14.0. The van der Waals surface area contributed by atoms with Crippen LogP contribution in [-0.4, -0.2) is 4.43 Å². The zero-order valence-corrected chi connectivity index (χ0v) is 17.1. The minimum atomic E-state index is -3.18. The first-order chi connectivity index (χ1) is 12.1. The molecule has 128 valence electrons. The van der Waals surface area contributed by atoms with Gasteiger partial charge in [0.05, 0.1) is 6.10 Å². The van der Waals surface area contributed by atoms with Crippen LogP contribution in [0.1, 0.15) is 17.2 Å². The van der Waals surface area contributed by atoms with Crippen LogP contribution in [0.25, 0.3) is 0 Å². The van der Waals surface area contributed by atoms with E-state index in [1.807, 2.05) is 60.7 Å². The Morgan fingerprint density at radius 2 is 1.32 bits per heavy atom. The molecule has 2 nitrogen and oxygen atoms in total. The first-order valence-electron chi connectivity index (χ1n) is 8.15. The average molecular weight is 462 g/mol. The van der Waals surface area contributed by atoms with Crippen LogP contribution in [0, 0.1) is 6.92 Å². The molecule has 3 rings (SSSR count). The molecule has 0 spiro atoms. The largest absolute Gasteiger partial charge is 0.313 e. The number of aryl methyl sites for hydroxylation is 1. The van der Waals surface area contributed by atoms with Crippen molar-refractivity contribution in [3.63, 3.8) is 0 Å². The van der Waals surface area contributed by atoms with Gasteiger partial charge in [-0.2, -0.15) is 0 Å². The van der Waals surface area contributed by atoms with Crippen LogP contribution in [0.5, 0.6) is 0 Å². The second kappa shape index (κ2) is 8.31. The fourth-order valence-electron chi connectivity index (χ4n) is 2.66. The molecule has 0 aliphatic carbocycles. The number of halogens is 1. The first-order valence-corrected chi connectivity index (χ1v) is 11.3. The lowest BCUT2D eigenvalue weighted by atomic mass is 10.1. The van der Waals surface area contributed by atoms with E-state index in [-0.39, 0.29) is 6.10 Å². The summed E-state index contributed by atoms with van der Waals surface area (Å²) in [6, 6.07) is 27.2. The summed E-state index contributed by atoms with van der Waals surface area (Å²) in [5.41, 5.74) is 2.25. The van der Waals surface area contributed by atoms with Crippen LogP contribution >= 0.6 is 30.0 Å². The molecule has 3 aromatic rings. The molecule has 4 heteroatoms. The molecule has 0 fully saturated rings. The minimum Gasteiger partial charge on any atom is -0.313 e. The highest BCUT2D eigenvalue weighted by molar-refractivity contribution is 14.1. The Kier molecular flexibility index (Phi) is 6.10. The summed E-state index contributed by atoms with van der Waals surface area (Å²) in [4.78, 5) is 0. The van der Waals surface area contributed by atoms with E-state index in [0.29, 0.717) is 0 Å². The molecule has 0 amide bonds. The quantitative estimate of drug-likeness (QED) is 0.278. The number of alkyl halides is 1. The monoisotopic (exact) mass is 462 g/mol. The van der Waals surface area contributed by atoms with E-state index in [9.17, 15) is 4.57 Å². The van der Waals surface area contributed by atoms with Crippen LogP contribution in [0.2, 0.25) is 0 Å². The van der Waals surface area contributed by atoms with Crippen LogP contribution in [0.3, 0.4) is 0 Å². The maximum Gasteiger partial charge on any atom is 0.261 e. The van der Waals surface area contributed by atoms with Gasteiger partial charge in [0.2, 0.25) is 0 Å². The van der Waals surface area contributed by atoms with Gasteiger partial charge in [-0.3, -0.25) is 4.57 Å².